The molecule has 1 rings (SSSR count). The van der Waals surface area contributed by atoms with Gasteiger partial charge in [-0.3, -0.25) is 0 Å². The summed E-state index contributed by atoms with van der Waals surface area (Å²) in [5.41, 5.74) is 0. The third-order valence-corrected chi connectivity index (χ3v) is 1.46. The van der Waals surface area contributed by atoms with Gasteiger partial charge >= 0.3 is 6.09 Å². The van der Waals surface area contributed by atoms with Gasteiger partial charge in [0.1, 0.15) is 5.75 Å². The summed E-state index contributed by atoms with van der Waals surface area (Å²) in [4.78, 5) is 14.6. The van der Waals surface area contributed by atoms with Crippen LogP contribution in [-0.2, 0) is 0 Å². The van der Waals surface area contributed by atoms with Crippen molar-refractivity contribution in [3.05, 3.63) is 55.1 Å². The van der Waals surface area contributed by atoms with E-state index in [2.05, 4.69) is 11.6 Å². The molecular formula is C12H11NO2. The van der Waals surface area contributed by atoms with Crippen LogP contribution in [0.25, 0.3) is 0 Å². The van der Waals surface area contributed by atoms with Crippen molar-refractivity contribution in [1.29, 1.82) is 0 Å². The van der Waals surface area contributed by atoms with Gasteiger partial charge in [0.25, 0.3) is 0 Å². The van der Waals surface area contributed by atoms with E-state index in [1.54, 1.807) is 42.5 Å². The molecule has 0 spiro atoms. The lowest BCUT2D eigenvalue weighted by Crippen LogP contribution is -2.01. The number of rotatable bonds is 3. The number of hydrogen-bond donors (Lipinski definition) is 0. The lowest BCUT2D eigenvalue weighted by atomic mass is 10.3. The quantitative estimate of drug-likeness (QED) is 0.557. The average molecular weight is 201 g/mol. The van der Waals surface area contributed by atoms with Gasteiger partial charge in [0.2, 0.25) is 0 Å². The van der Waals surface area contributed by atoms with Crippen molar-refractivity contribution in [3.63, 3.8) is 0 Å². The summed E-state index contributed by atoms with van der Waals surface area (Å²) in [6, 6.07) is 8.78. The molecule has 0 aliphatic rings. The molecule has 0 bridgehead atoms. The second kappa shape index (κ2) is 6.32. The van der Waals surface area contributed by atoms with Crippen molar-refractivity contribution in [3.8, 4) is 5.75 Å². The van der Waals surface area contributed by atoms with E-state index >= 15 is 0 Å². The van der Waals surface area contributed by atoms with Crippen molar-refractivity contribution < 1.29 is 9.53 Å². The molecule has 0 atom stereocenters. The molecule has 0 aliphatic heterocycles. The fourth-order valence-corrected chi connectivity index (χ4v) is 0.848. The number of allylic oxidation sites excluding steroid dienone is 3. The smallest absolute Gasteiger partial charge is 0.409 e. The van der Waals surface area contributed by atoms with E-state index in [1.165, 1.54) is 6.21 Å². The summed E-state index contributed by atoms with van der Waals surface area (Å²) in [6.45, 7) is 3.48. The molecule has 1 amide bonds. The highest BCUT2D eigenvalue weighted by molar-refractivity contribution is 5.85. The Morgan fingerprint density at radius 3 is 2.67 bits per heavy atom. The molecule has 15 heavy (non-hydrogen) atoms. The van der Waals surface area contributed by atoms with Gasteiger partial charge in [-0.15, -0.1) is 0 Å². The monoisotopic (exact) mass is 201 g/mol. The van der Waals surface area contributed by atoms with E-state index in [9.17, 15) is 4.79 Å². The molecule has 0 fully saturated rings. The normalized spacial score (nSPS) is 10.7. The van der Waals surface area contributed by atoms with Crippen LogP contribution in [-0.4, -0.2) is 12.3 Å². The SMILES string of the molecule is C=C/C=C\C=N\C(=O)Oc1ccccc1. The minimum absolute atomic E-state index is 0.479. The number of carbonyl (C=O) groups is 1. The molecular weight excluding hydrogens is 190 g/mol. The summed E-state index contributed by atoms with van der Waals surface area (Å²) >= 11 is 0. The van der Waals surface area contributed by atoms with Gasteiger partial charge in [-0.25, -0.2) is 4.79 Å². The molecule has 0 unspecified atom stereocenters. The van der Waals surface area contributed by atoms with E-state index in [1.807, 2.05) is 6.07 Å². The van der Waals surface area contributed by atoms with Crippen LogP contribution in [0.5, 0.6) is 5.75 Å². The van der Waals surface area contributed by atoms with Gasteiger partial charge in [-0.05, 0) is 18.2 Å². The van der Waals surface area contributed by atoms with Gasteiger partial charge in [0, 0.05) is 6.21 Å². The van der Waals surface area contributed by atoms with Crippen LogP contribution in [0, 0.1) is 0 Å². The van der Waals surface area contributed by atoms with Gasteiger partial charge in [0.15, 0.2) is 0 Å². The molecule has 3 heteroatoms. The number of amides is 1. The molecule has 0 aliphatic carbocycles. The summed E-state index contributed by atoms with van der Waals surface area (Å²) in [5, 5.41) is 0. The maximum Gasteiger partial charge on any atom is 0.439 e. The molecule has 0 N–H and O–H groups in total. The minimum Gasteiger partial charge on any atom is -0.409 e. The lowest BCUT2D eigenvalue weighted by Gasteiger charge is -1.97. The number of benzene rings is 1. The Kier molecular flexibility index (Phi) is 4.60. The Labute approximate surface area is 88.4 Å². The lowest BCUT2D eigenvalue weighted by molar-refractivity contribution is 0.211. The van der Waals surface area contributed by atoms with Crippen molar-refractivity contribution in [2.75, 3.05) is 0 Å². The van der Waals surface area contributed by atoms with Crippen LogP contribution >= 0.6 is 0 Å². The molecule has 0 saturated heterocycles. The fraction of sp³-hybridized carbons (Fsp3) is 0. The Bertz CT molecular complexity index is 380. The Morgan fingerprint density at radius 1 is 1.27 bits per heavy atom. The predicted molar refractivity (Wildman–Crippen MR) is 60.3 cm³/mol. The first-order valence-corrected chi connectivity index (χ1v) is 4.41. The molecule has 3 nitrogen and oxygen atoms in total. The van der Waals surface area contributed by atoms with Gasteiger partial charge in [-0.2, -0.15) is 4.99 Å². The minimum atomic E-state index is -0.644. The predicted octanol–water partition coefficient (Wildman–Crippen LogP) is 3.00. The van der Waals surface area contributed by atoms with E-state index in [0.29, 0.717) is 5.75 Å². The Morgan fingerprint density at radius 2 is 2.00 bits per heavy atom. The zero-order valence-electron chi connectivity index (χ0n) is 8.17. The largest absolute Gasteiger partial charge is 0.439 e. The molecule has 0 saturated carbocycles. The molecule has 0 aromatic heterocycles. The van der Waals surface area contributed by atoms with Crippen molar-refractivity contribution in [1.82, 2.24) is 0 Å². The Balaban J connectivity index is 2.46. The third-order valence-electron chi connectivity index (χ3n) is 1.46. The van der Waals surface area contributed by atoms with E-state index in [4.69, 9.17) is 4.74 Å². The molecule has 0 heterocycles. The van der Waals surface area contributed by atoms with Gasteiger partial charge in [0.05, 0.1) is 0 Å². The van der Waals surface area contributed by atoms with Crippen LogP contribution in [0.1, 0.15) is 0 Å². The highest BCUT2D eigenvalue weighted by Crippen LogP contribution is 2.08. The maximum atomic E-state index is 11.1. The zero-order chi connectivity index (χ0) is 10.9. The molecule has 76 valence electrons. The van der Waals surface area contributed by atoms with Gasteiger partial charge < -0.3 is 4.74 Å². The van der Waals surface area contributed by atoms with Crippen LogP contribution in [0.3, 0.4) is 0 Å². The van der Waals surface area contributed by atoms with E-state index in [0.717, 1.165) is 0 Å². The third kappa shape index (κ3) is 4.57. The van der Waals surface area contributed by atoms with E-state index in [-0.39, 0.29) is 0 Å². The Hall–Kier alpha value is -2.16. The summed E-state index contributed by atoms with van der Waals surface area (Å²) in [5.74, 6) is 0.479. The van der Waals surface area contributed by atoms with Crippen LogP contribution in [0.15, 0.2) is 60.1 Å². The number of aliphatic imine (C=N–C) groups is 1. The standard InChI is InChI=1S/C12H11NO2/c1-2-3-7-10-13-12(14)15-11-8-5-4-6-9-11/h2-10H,1H2/b7-3-,13-10+. The number of nitrogens with zero attached hydrogens (tertiary/aromatic N) is 1. The first-order chi connectivity index (χ1) is 7.33. The van der Waals surface area contributed by atoms with Crippen LogP contribution < -0.4 is 4.74 Å². The summed E-state index contributed by atoms with van der Waals surface area (Å²) in [7, 11) is 0. The second-order valence-electron chi connectivity index (χ2n) is 2.58. The fourth-order valence-electron chi connectivity index (χ4n) is 0.848. The van der Waals surface area contributed by atoms with Crippen molar-refractivity contribution in [2.24, 2.45) is 4.99 Å². The van der Waals surface area contributed by atoms with Crippen molar-refractivity contribution >= 4 is 12.3 Å². The second-order valence-corrected chi connectivity index (χ2v) is 2.58. The average Bonchev–Trinajstić information content (AvgIpc) is 2.26. The van der Waals surface area contributed by atoms with Crippen LogP contribution in [0.2, 0.25) is 0 Å². The zero-order valence-corrected chi connectivity index (χ0v) is 8.17. The number of ether oxygens (including phenoxy) is 1. The number of carbonyl (C=O) groups excluding carboxylic acids is 1. The maximum absolute atomic E-state index is 11.1. The summed E-state index contributed by atoms with van der Waals surface area (Å²) in [6.07, 6.45) is 5.56. The van der Waals surface area contributed by atoms with Crippen molar-refractivity contribution in [2.45, 2.75) is 0 Å². The first kappa shape index (κ1) is 10.9. The van der Waals surface area contributed by atoms with E-state index < -0.39 is 6.09 Å². The number of hydrogen-bond acceptors (Lipinski definition) is 2. The highest BCUT2D eigenvalue weighted by Gasteiger charge is 1.98. The van der Waals surface area contributed by atoms with Crippen LogP contribution in [0.4, 0.5) is 4.79 Å². The topological polar surface area (TPSA) is 38.7 Å². The molecule has 0 radical (unpaired) electrons. The number of para-hydroxylation sites is 1. The van der Waals surface area contributed by atoms with Gasteiger partial charge in [-0.1, -0.05) is 36.9 Å². The first-order valence-electron chi connectivity index (χ1n) is 4.41. The highest BCUT2D eigenvalue weighted by atomic mass is 16.5. The summed E-state index contributed by atoms with van der Waals surface area (Å²) < 4.78 is 4.90. The molecule has 1 aromatic carbocycles. The molecule has 1 aromatic rings.